The third-order valence-electron chi connectivity index (χ3n) is 6.25. The predicted molar refractivity (Wildman–Crippen MR) is 122 cm³/mol. The fraction of sp³-hybridized carbons (Fsp3) is 0.458. The maximum atomic E-state index is 14.2. The number of hydrogen-bond acceptors (Lipinski definition) is 6. The second-order valence-corrected chi connectivity index (χ2v) is 9.47. The monoisotopic (exact) mass is 474 g/mol. The predicted octanol–water partition coefficient (Wildman–Crippen LogP) is 2.95. The lowest BCUT2D eigenvalue weighted by Crippen LogP contribution is -2.40. The standard InChI is InChI=1S/C24H28F2N4O4/c1-13(14-3-4-14)29-22(33)18-10-28-23(34-11-19(31)32)20(15-7-16(25)9-17(26)8-15)21(18)30-6-5-24(2,27)12-30/h7-10,13-14H,3-6,11-12,27H2,1-2H3,(H,29,33)(H,31,32)/t13-,24-/m0/s1. The van der Waals surface area contributed by atoms with Crippen molar-refractivity contribution in [1.29, 1.82) is 0 Å². The number of nitrogens with one attached hydrogen (secondary N) is 1. The van der Waals surface area contributed by atoms with Crippen molar-refractivity contribution in [2.24, 2.45) is 11.7 Å². The Hall–Kier alpha value is -3.27. The van der Waals surface area contributed by atoms with Crippen LogP contribution in [0, 0.1) is 17.6 Å². The van der Waals surface area contributed by atoms with E-state index in [2.05, 4.69) is 10.3 Å². The topological polar surface area (TPSA) is 118 Å². The molecule has 10 heteroatoms. The molecule has 2 aliphatic rings. The minimum atomic E-state index is -1.24. The first-order valence-corrected chi connectivity index (χ1v) is 11.2. The Morgan fingerprint density at radius 2 is 2.00 bits per heavy atom. The number of carboxylic acids is 1. The van der Waals surface area contributed by atoms with E-state index >= 15 is 0 Å². The molecular formula is C24H28F2N4O4. The van der Waals surface area contributed by atoms with E-state index in [0.717, 1.165) is 31.0 Å². The third kappa shape index (κ3) is 5.27. The van der Waals surface area contributed by atoms with Crippen LogP contribution in [0.2, 0.25) is 0 Å². The van der Waals surface area contributed by atoms with Crippen molar-refractivity contribution in [2.45, 2.75) is 44.7 Å². The van der Waals surface area contributed by atoms with Crippen LogP contribution in [0.4, 0.5) is 14.5 Å². The molecule has 0 spiro atoms. The number of amides is 1. The van der Waals surface area contributed by atoms with E-state index in [0.29, 0.717) is 31.1 Å². The highest BCUT2D eigenvalue weighted by Crippen LogP contribution is 2.43. The fourth-order valence-corrected chi connectivity index (χ4v) is 4.35. The highest BCUT2D eigenvalue weighted by Gasteiger charge is 2.36. The number of carbonyl (C=O) groups is 2. The van der Waals surface area contributed by atoms with Gasteiger partial charge < -0.3 is 25.8 Å². The van der Waals surface area contributed by atoms with Crippen molar-refractivity contribution < 1.29 is 28.2 Å². The average Bonchev–Trinajstić information content (AvgIpc) is 3.53. The lowest BCUT2D eigenvalue weighted by Gasteiger charge is -2.28. The molecule has 2 heterocycles. The van der Waals surface area contributed by atoms with Gasteiger partial charge >= 0.3 is 5.97 Å². The van der Waals surface area contributed by atoms with E-state index in [1.165, 1.54) is 6.20 Å². The Balaban J connectivity index is 1.89. The van der Waals surface area contributed by atoms with Gasteiger partial charge in [-0.25, -0.2) is 18.6 Å². The van der Waals surface area contributed by atoms with Gasteiger partial charge in [0.05, 0.1) is 16.8 Å². The molecule has 1 aromatic heterocycles. The van der Waals surface area contributed by atoms with Gasteiger partial charge in [0, 0.05) is 36.9 Å². The van der Waals surface area contributed by atoms with Crippen LogP contribution in [0.1, 0.15) is 43.5 Å². The van der Waals surface area contributed by atoms with E-state index in [9.17, 15) is 18.4 Å². The van der Waals surface area contributed by atoms with Crippen LogP contribution in [0.5, 0.6) is 5.88 Å². The summed E-state index contributed by atoms with van der Waals surface area (Å²) in [6.45, 7) is 3.96. The molecule has 2 aromatic rings. The van der Waals surface area contributed by atoms with Gasteiger partial charge in [0.15, 0.2) is 6.61 Å². The second kappa shape index (κ2) is 9.17. The minimum absolute atomic E-state index is 0.0447. The normalized spacial score (nSPS) is 20.8. The van der Waals surface area contributed by atoms with Crippen molar-refractivity contribution in [1.82, 2.24) is 10.3 Å². The quantitative estimate of drug-likeness (QED) is 0.538. The number of hydrogen-bond donors (Lipinski definition) is 3. The highest BCUT2D eigenvalue weighted by atomic mass is 19.1. The summed E-state index contributed by atoms with van der Waals surface area (Å²) in [5.74, 6) is -3.00. The van der Waals surface area contributed by atoms with E-state index in [1.807, 2.05) is 18.7 Å². The number of ether oxygens (including phenoxy) is 1. The Labute approximate surface area is 196 Å². The Morgan fingerprint density at radius 3 is 2.56 bits per heavy atom. The summed E-state index contributed by atoms with van der Waals surface area (Å²) in [7, 11) is 0. The molecule has 4 N–H and O–H groups in total. The molecule has 0 radical (unpaired) electrons. The minimum Gasteiger partial charge on any atom is -0.479 e. The van der Waals surface area contributed by atoms with Crippen LogP contribution in [0.25, 0.3) is 11.1 Å². The summed E-state index contributed by atoms with van der Waals surface area (Å²) >= 11 is 0. The second-order valence-electron chi connectivity index (χ2n) is 9.47. The molecular weight excluding hydrogens is 446 g/mol. The van der Waals surface area contributed by atoms with E-state index < -0.39 is 29.7 Å². The third-order valence-corrected chi connectivity index (χ3v) is 6.25. The van der Waals surface area contributed by atoms with Crippen molar-refractivity contribution in [3.63, 3.8) is 0 Å². The largest absolute Gasteiger partial charge is 0.479 e. The Kier molecular flexibility index (Phi) is 6.44. The number of aromatic nitrogens is 1. The van der Waals surface area contributed by atoms with Gasteiger partial charge in [-0.1, -0.05) is 0 Å². The number of rotatable bonds is 8. The van der Waals surface area contributed by atoms with Crippen LogP contribution in [-0.2, 0) is 4.79 Å². The first kappa shape index (κ1) is 23.9. The van der Waals surface area contributed by atoms with Gasteiger partial charge in [0.1, 0.15) is 11.6 Å². The highest BCUT2D eigenvalue weighted by molar-refractivity contribution is 6.04. The molecule has 0 unspecified atom stereocenters. The van der Waals surface area contributed by atoms with E-state index in [1.54, 1.807) is 0 Å². The van der Waals surface area contributed by atoms with E-state index in [-0.39, 0.29) is 34.5 Å². The Bertz CT molecular complexity index is 1100. The lowest BCUT2D eigenvalue weighted by atomic mass is 9.99. The number of halogens is 2. The maximum absolute atomic E-state index is 14.2. The molecule has 34 heavy (non-hydrogen) atoms. The van der Waals surface area contributed by atoms with Gasteiger partial charge in [0.2, 0.25) is 5.88 Å². The van der Waals surface area contributed by atoms with Crippen LogP contribution >= 0.6 is 0 Å². The Morgan fingerprint density at radius 1 is 1.32 bits per heavy atom. The van der Waals surface area contributed by atoms with Crippen LogP contribution < -0.4 is 20.7 Å². The zero-order valence-corrected chi connectivity index (χ0v) is 19.1. The van der Waals surface area contributed by atoms with Gasteiger partial charge in [0.25, 0.3) is 5.91 Å². The summed E-state index contributed by atoms with van der Waals surface area (Å²) in [6, 6.07) is 2.89. The molecule has 2 atom stereocenters. The molecule has 1 amide bonds. The van der Waals surface area contributed by atoms with Gasteiger partial charge in [-0.15, -0.1) is 0 Å². The SMILES string of the molecule is C[C@H](NC(=O)c1cnc(OCC(=O)O)c(-c2cc(F)cc(F)c2)c1N1CC[C@](C)(N)C1)C1CC1. The number of carbonyl (C=O) groups excluding carboxylic acids is 1. The molecule has 2 fully saturated rings. The van der Waals surface area contributed by atoms with Crippen molar-refractivity contribution in [3.8, 4) is 17.0 Å². The molecule has 8 nitrogen and oxygen atoms in total. The summed E-state index contributed by atoms with van der Waals surface area (Å²) < 4.78 is 33.8. The molecule has 1 saturated heterocycles. The number of nitrogens with zero attached hydrogens (tertiary/aromatic N) is 2. The summed E-state index contributed by atoms with van der Waals surface area (Å²) in [4.78, 5) is 30.5. The number of benzene rings is 1. The molecule has 1 aliphatic heterocycles. The molecule has 1 aliphatic carbocycles. The molecule has 0 bridgehead atoms. The van der Waals surface area contributed by atoms with Gasteiger partial charge in [-0.3, -0.25) is 4.79 Å². The number of nitrogens with two attached hydrogens (primary N) is 1. The van der Waals surface area contributed by atoms with Gasteiger partial charge in [-0.2, -0.15) is 0 Å². The van der Waals surface area contributed by atoms with Crippen molar-refractivity contribution in [3.05, 3.63) is 41.6 Å². The van der Waals surface area contributed by atoms with Crippen LogP contribution in [0.3, 0.4) is 0 Å². The maximum Gasteiger partial charge on any atom is 0.341 e. The first-order valence-electron chi connectivity index (χ1n) is 11.2. The lowest BCUT2D eigenvalue weighted by molar-refractivity contribution is -0.139. The van der Waals surface area contributed by atoms with Crippen LogP contribution in [0.15, 0.2) is 24.4 Å². The van der Waals surface area contributed by atoms with Gasteiger partial charge in [-0.05, 0) is 56.7 Å². The molecule has 182 valence electrons. The summed E-state index contributed by atoms with van der Waals surface area (Å²) in [6.07, 6.45) is 4.02. The summed E-state index contributed by atoms with van der Waals surface area (Å²) in [5.41, 5.74) is 6.58. The number of anilines is 1. The first-order chi connectivity index (χ1) is 16.0. The van der Waals surface area contributed by atoms with Crippen LogP contribution in [-0.4, -0.2) is 53.2 Å². The molecule has 1 aromatic carbocycles. The zero-order chi connectivity index (χ0) is 24.6. The summed E-state index contributed by atoms with van der Waals surface area (Å²) in [5, 5.41) is 12.1. The number of carboxylic acid groups (broad SMARTS) is 1. The molecule has 1 saturated carbocycles. The smallest absolute Gasteiger partial charge is 0.341 e. The molecule has 4 rings (SSSR count). The zero-order valence-electron chi connectivity index (χ0n) is 19.1. The number of pyridine rings is 1. The van der Waals surface area contributed by atoms with Crippen molar-refractivity contribution in [2.75, 3.05) is 24.6 Å². The number of aliphatic carboxylic acids is 1. The fourth-order valence-electron chi connectivity index (χ4n) is 4.35. The average molecular weight is 475 g/mol. The van der Waals surface area contributed by atoms with Crippen molar-refractivity contribution >= 4 is 17.6 Å². The van der Waals surface area contributed by atoms with E-state index in [4.69, 9.17) is 15.6 Å².